The Kier molecular flexibility index (Phi) is 7.01. The number of benzene rings is 2. The summed E-state index contributed by atoms with van der Waals surface area (Å²) in [7, 11) is 1.59. The summed E-state index contributed by atoms with van der Waals surface area (Å²) in [5.41, 5.74) is 1.83. The minimum Gasteiger partial charge on any atom is -0.496 e. The van der Waals surface area contributed by atoms with E-state index in [1.165, 1.54) is 18.2 Å². The normalized spacial score (nSPS) is 14.4. The monoisotopic (exact) mass is 418 g/mol. The molecule has 2 aromatic carbocycles. The number of non-ortho nitro benzene ring substituents is 1. The lowest BCUT2D eigenvalue weighted by Crippen LogP contribution is -2.49. The van der Waals surface area contributed by atoms with Crippen LogP contribution in [-0.4, -0.2) is 49.0 Å². The second-order valence-corrected chi connectivity index (χ2v) is 6.85. The van der Waals surface area contributed by atoms with Crippen LogP contribution in [0, 0.1) is 21.4 Å². The van der Waals surface area contributed by atoms with E-state index in [0.717, 1.165) is 11.3 Å². The third-order valence-corrected chi connectivity index (χ3v) is 5.02. The first-order valence-corrected chi connectivity index (χ1v) is 9.73. The van der Waals surface area contributed by atoms with Gasteiger partial charge in [-0.3, -0.25) is 14.9 Å². The van der Waals surface area contributed by atoms with Gasteiger partial charge < -0.3 is 14.5 Å². The molecule has 1 fully saturated rings. The molecule has 1 amide bonds. The highest BCUT2D eigenvalue weighted by Crippen LogP contribution is 2.21. The number of hydrogen-bond donors (Lipinski definition) is 0. The number of hydrogen-bond acceptors (Lipinski definition) is 6. The number of amides is 1. The molecule has 158 valence electrons. The molecule has 0 saturated carbocycles. The summed E-state index contributed by atoms with van der Waals surface area (Å²) in [6.07, 6.45) is 4.97. The maximum absolute atomic E-state index is 12.7. The van der Waals surface area contributed by atoms with Gasteiger partial charge in [-0.05, 0) is 24.3 Å². The molecule has 0 N–H and O–H groups in total. The van der Waals surface area contributed by atoms with Crippen molar-refractivity contribution in [2.75, 3.05) is 38.2 Å². The zero-order valence-electron chi connectivity index (χ0n) is 17.1. The fourth-order valence-corrected chi connectivity index (χ4v) is 3.33. The number of nitro groups is 1. The molecule has 0 radical (unpaired) electrons. The van der Waals surface area contributed by atoms with Crippen molar-refractivity contribution in [2.45, 2.75) is 0 Å². The van der Waals surface area contributed by atoms with Crippen LogP contribution in [0.3, 0.4) is 0 Å². The lowest BCUT2D eigenvalue weighted by Gasteiger charge is -2.36. The molecule has 0 aromatic heterocycles. The minimum atomic E-state index is -0.432. The summed E-state index contributed by atoms with van der Waals surface area (Å²) >= 11 is 0. The average molecular weight is 418 g/mol. The Labute approximate surface area is 180 Å². The SMILES string of the molecule is COc1ccccc1/C=C/C=C(\C#N)C(=O)N1CCN(c2ccc([N+](=O)[O-])cc2)CC1. The van der Waals surface area contributed by atoms with E-state index in [1.54, 1.807) is 36.3 Å². The molecular formula is C23H22N4O4. The van der Waals surface area contributed by atoms with Crippen LogP contribution in [0.25, 0.3) is 6.08 Å². The topological polar surface area (TPSA) is 99.7 Å². The molecule has 0 aliphatic carbocycles. The van der Waals surface area contributed by atoms with E-state index in [-0.39, 0.29) is 17.2 Å². The number of nitriles is 1. The molecule has 0 atom stereocenters. The highest BCUT2D eigenvalue weighted by molar-refractivity contribution is 5.97. The van der Waals surface area contributed by atoms with Crippen molar-refractivity contribution in [3.8, 4) is 11.8 Å². The molecule has 8 heteroatoms. The Morgan fingerprint density at radius 2 is 1.81 bits per heavy atom. The number of ether oxygens (including phenoxy) is 1. The summed E-state index contributed by atoms with van der Waals surface area (Å²) in [6, 6.07) is 15.8. The Morgan fingerprint density at radius 3 is 2.42 bits per heavy atom. The second-order valence-electron chi connectivity index (χ2n) is 6.85. The van der Waals surface area contributed by atoms with E-state index in [9.17, 15) is 20.2 Å². The average Bonchev–Trinajstić information content (AvgIpc) is 2.82. The lowest BCUT2D eigenvalue weighted by molar-refractivity contribution is -0.384. The van der Waals surface area contributed by atoms with Gasteiger partial charge in [0, 0.05) is 49.6 Å². The van der Waals surface area contributed by atoms with Crippen molar-refractivity contribution < 1.29 is 14.5 Å². The van der Waals surface area contributed by atoms with Crippen LogP contribution < -0.4 is 9.64 Å². The number of rotatable bonds is 6. The third kappa shape index (κ3) is 5.28. The van der Waals surface area contributed by atoms with Crippen molar-refractivity contribution in [1.29, 1.82) is 5.26 Å². The van der Waals surface area contributed by atoms with E-state index in [0.29, 0.717) is 31.9 Å². The predicted octanol–water partition coefficient (Wildman–Crippen LogP) is 3.42. The summed E-state index contributed by atoms with van der Waals surface area (Å²) in [4.78, 5) is 26.8. The van der Waals surface area contributed by atoms with E-state index >= 15 is 0 Å². The summed E-state index contributed by atoms with van der Waals surface area (Å²) in [5.74, 6) is 0.398. The van der Waals surface area contributed by atoms with Gasteiger partial charge in [0.1, 0.15) is 17.4 Å². The van der Waals surface area contributed by atoms with Crippen LogP contribution in [0.15, 0.2) is 66.3 Å². The second kappa shape index (κ2) is 10.1. The summed E-state index contributed by atoms with van der Waals surface area (Å²) in [6.45, 7) is 2.09. The molecule has 3 rings (SSSR count). The van der Waals surface area contributed by atoms with Gasteiger partial charge >= 0.3 is 0 Å². The fourth-order valence-electron chi connectivity index (χ4n) is 3.33. The Balaban J connectivity index is 1.62. The van der Waals surface area contributed by atoms with Crippen LogP contribution in [-0.2, 0) is 4.79 Å². The number of nitro benzene ring substituents is 1. The van der Waals surface area contributed by atoms with Crippen molar-refractivity contribution in [3.63, 3.8) is 0 Å². The zero-order chi connectivity index (χ0) is 22.2. The number of allylic oxidation sites excluding steroid dienone is 2. The third-order valence-electron chi connectivity index (χ3n) is 5.02. The van der Waals surface area contributed by atoms with Crippen molar-refractivity contribution in [2.24, 2.45) is 0 Å². The summed E-state index contributed by atoms with van der Waals surface area (Å²) < 4.78 is 5.29. The molecule has 8 nitrogen and oxygen atoms in total. The highest BCUT2D eigenvalue weighted by atomic mass is 16.6. The van der Waals surface area contributed by atoms with Crippen molar-refractivity contribution >= 4 is 23.4 Å². The van der Waals surface area contributed by atoms with Crippen LogP contribution in [0.2, 0.25) is 0 Å². The summed E-state index contributed by atoms with van der Waals surface area (Å²) in [5, 5.41) is 20.2. The molecular weight excluding hydrogens is 396 g/mol. The quantitative estimate of drug-likeness (QED) is 0.234. The van der Waals surface area contributed by atoms with Gasteiger partial charge in [0.25, 0.3) is 11.6 Å². The molecule has 0 bridgehead atoms. The first-order valence-electron chi connectivity index (χ1n) is 9.73. The smallest absolute Gasteiger partial charge is 0.269 e. The minimum absolute atomic E-state index is 0.0440. The Hall–Kier alpha value is -4.12. The van der Waals surface area contributed by atoms with Gasteiger partial charge in [-0.25, -0.2) is 0 Å². The van der Waals surface area contributed by atoms with E-state index in [1.807, 2.05) is 30.3 Å². The molecule has 31 heavy (non-hydrogen) atoms. The van der Waals surface area contributed by atoms with Crippen LogP contribution >= 0.6 is 0 Å². The number of para-hydroxylation sites is 1. The van der Waals surface area contributed by atoms with Gasteiger partial charge in [0.15, 0.2) is 0 Å². The van der Waals surface area contributed by atoms with E-state index in [2.05, 4.69) is 4.90 Å². The fraction of sp³-hybridized carbons (Fsp3) is 0.217. The zero-order valence-corrected chi connectivity index (χ0v) is 17.1. The van der Waals surface area contributed by atoms with Gasteiger partial charge in [0.05, 0.1) is 12.0 Å². The van der Waals surface area contributed by atoms with Crippen LogP contribution in [0.1, 0.15) is 5.56 Å². The number of anilines is 1. The first kappa shape index (κ1) is 21.6. The number of carbonyl (C=O) groups excluding carboxylic acids is 1. The van der Waals surface area contributed by atoms with Gasteiger partial charge in [0.2, 0.25) is 0 Å². The maximum atomic E-state index is 12.7. The predicted molar refractivity (Wildman–Crippen MR) is 118 cm³/mol. The molecule has 1 saturated heterocycles. The first-order chi connectivity index (χ1) is 15.0. The largest absolute Gasteiger partial charge is 0.496 e. The lowest BCUT2D eigenvalue weighted by atomic mass is 10.1. The van der Waals surface area contributed by atoms with Crippen LogP contribution in [0.4, 0.5) is 11.4 Å². The van der Waals surface area contributed by atoms with Crippen molar-refractivity contribution in [3.05, 3.63) is 81.9 Å². The maximum Gasteiger partial charge on any atom is 0.269 e. The number of methoxy groups -OCH3 is 1. The van der Waals surface area contributed by atoms with Crippen LogP contribution in [0.5, 0.6) is 5.75 Å². The van der Waals surface area contributed by atoms with Gasteiger partial charge in [-0.1, -0.05) is 30.4 Å². The molecule has 1 aliphatic heterocycles. The Bertz CT molecular complexity index is 1050. The van der Waals surface area contributed by atoms with Crippen molar-refractivity contribution in [1.82, 2.24) is 4.90 Å². The number of nitrogens with zero attached hydrogens (tertiary/aromatic N) is 4. The molecule has 0 spiro atoms. The van der Waals surface area contributed by atoms with E-state index in [4.69, 9.17) is 4.74 Å². The molecule has 1 heterocycles. The number of piperazine rings is 1. The molecule has 0 unspecified atom stereocenters. The van der Waals surface area contributed by atoms with Gasteiger partial charge in [-0.15, -0.1) is 0 Å². The molecule has 2 aromatic rings. The van der Waals surface area contributed by atoms with Gasteiger partial charge in [-0.2, -0.15) is 5.26 Å². The molecule has 1 aliphatic rings. The highest BCUT2D eigenvalue weighted by Gasteiger charge is 2.23. The standard InChI is InChI=1S/C23H22N4O4/c1-31-22-8-3-2-5-18(22)6-4-7-19(17-24)23(28)26-15-13-25(14-16-26)20-9-11-21(12-10-20)27(29)30/h2-12H,13-16H2,1H3/b6-4+,19-7+. The van der Waals surface area contributed by atoms with E-state index < -0.39 is 4.92 Å². The number of carbonyl (C=O) groups is 1. The Morgan fingerprint density at radius 1 is 1.13 bits per heavy atom.